The van der Waals surface area contributed by atoms with Crippen LogP contribution in [0.25, 0.3) is 10.9 Å². The fraction of sp³-hybridized carbons (Fsp3) is 0.400. The van der Waals surface area contributed by atoms with Gasteiger partial charge in [0.05, 0.1) is 6.61 Å². The highest BCUT2D eigenvalue weighted by Crippen LogP contribution is 2.29. The van der Waals surface area contributed by atoms with E-state index < -0.39 is 0 Å². The fourth-order valence-corrected chi connectivity index (χ4v) is 2.44. The molecule has 0 amide bonds. The molecule has 0 radical (unpaired) electrons. The average molecular weight is 258 g/mol. The van der Waals surface area contributed by atoms with Gasteiger partial charge in [-0.25, -0.2) is 4.79 Å². The van der Waals surface area contributed by atoms with Crippen LogP contribution in [0.5, 0.6) is 0 Å². The number of hydrogen-bond acceptors (Lipinski definition) is 3. The lowest BCUT2D eigenvalue weighted by Crippen LogP contribution is -2.15. The van der Waals surface area contributed by atoms with Gasteiger partial charge in [0.1, 0.15) is 5.69 Å². The number of benzene rings is 1. The zero-order valence-electron chi connectivity index (χ0n) is 10.8. The molecule has 3 rings (SSSR count). The van der Waals surface area contributed by atoms with E-state index in [4.69, 9.17) is 10.5 Å². The van der Waals surface area contributed by atoms with Crippen LogP contribution in [0.2, 0.25) is 0 Å². The van der Waals surface area contributed by atoms with Gasteiger partial charge < -0.3 is 15.5 Å². The highest BCUT2D eigenvalue weighted by atomic mass is 16.5. The zero-order valence-corrected chi connectivity index (χ0v) is 10.8. The van der Waals surface area contributed by atoms with Gasteiger partial charge in [-0.1, -0.05) is 19.3 Å². The molecule has 100 valence electrons. The first-order valence-electron chi connectivity index (χ1n) is 6.78. The van der Waals surface area contributed by atoms with Crippen molar-refractivity contribution >= 4 is 22.6 Å². The van der Waals surface area contributed by atoms with Crippen molar-refractivity contribution in [3.05, 3.63) is 30.0 Å². The third-order valence-electron chi connectivity index (χ3n) is 3.85. The third kappa shape index (κ3) is 2.57. The molecule has 1 fully saturated rings. The summed E-state index contributed by atoms with van der Waals surface area (Å²) >= 11 is 0. The van der Waals surface area contributed by atoms with Crippen molar-refractivity contribution in [3.8, 4) is 0 Å². The van der Waals surface area contributed by atoms with Gasteiger partial charge in [0.15, 0.2) is 0 Å². The molecule has 1 aromatic carbocycles. The predicted molar refractivity (Wildman–Crippen MR) is 75.0 cm³/mol. The topological polar surface area (TPSA) is 68.1 Å². The van der Waals surface area contributed by atoms with Gasteiger partial charge in [-0.15, -0.1) is 0 Å². The molecular weight excluding hydrogens is 240 g/mol. The molecule has 0 unspecified atom stereocenters. The number of carbonyl (C=O) groups excluding carboxylic acids is 1. The van der Waals surface area contributed by atoms with E-state index in [2.05, 4.69) is 4.98 Å². The molecule has 1 heterocycles. The Labute approximate surface area is 111 Å². The first-order chi connectivity index (χ1) is 9.22. The number of H-pyrrole nitrogens is 1. The van der Waals surface area contributed by atoms with Crippen molar-refractivity contribution in [3.63, 3.8) is 0 Å². The van der Waals surface area contributed by atoms with Crippen LogP contribution in [0.15, 0.2) is 24.3 Å². The van der Waals surface area contributed by atoms with Gasteiger partial charge in [-0.3, -0.25) is 0 Å². The lowest BCUT2D eigenvalue weighted by Gasteiger charge is -2.24. The highest BCUT2D eigenvalue weighted by molar-refractivity contribution is 5.95. The summed E-state index contributed by atoms with van der Waals surface area (Å²) in [5.41, 5.74) is 7.80. The van der Waals surface area contributed by atoms with Gasteiger partial charge in [0, 0.05) is 16.6 Å². The number of aromatic nitrogens is 1. The molecule has 4 nitrogen and oxygen atoms in total. The van der Waals surface area contributed by atoms with Crippen LogP contribution in [-0.2, 0) is 4.74 Å². The normalized spacial score (nSPS) is 15.4. The fourth-order valence-electron chi connectivity index (χ4n) is 2.44. The predicted octanol–water partition coefficient (Wildman–Crippen LogP) is 3.10. The summed E-state index contributed by atoms with van der Waals surface area (Å²) in [6.45, 7) is 0.515. The Bertz CT molecular complexity index is 599. The summed E-state index contributed by atoms with van der Waals surface area (Å²) in [5, 5.41) is 0.936. The Kier molecular flexibility index (Phi) is 3.15. The number of carbonyl (C=O) groups is 1. The summed E-state index contributed by atoms with van der Waals surface area (Å²) in [6.07, 6.45) is 4.87. The molecule has 1 saturated carbocycles. The van der Waals surface area contributed by atoms with E-state index in [1.165, 1.54) is 19.3 Å². The first-order valence-corrected chi connectivity index (χ1v) is 6.78. The highest BCUT2D eigenvalue weighted by Gasteiger charge is 2.18. The van der Waals surface area contributed by atoms with Crippen LogP contribution in [0.3, 0.4) is 0 Å². The monoisotopic (exact) mass is 258 g/mol. The molecule has 2 aromatic rings. The van der Waals surface area contributed by atoms with Gasteiger partial charge >= 0.3 is 5.97 Å². The number of ether oxygens (including phenoxy) is 1. The number of anilines is 1. The van der Waals surface area contributed by atoms with E-state index in [0.717, 1.165) is 23.2 Å². The van der Waals surface area contributed by atoms with E-state index in [-0.39, 0.29) is 5.97 Å². The standard InChI is InChI=1S/C15H18N2O2/c16-12-4-5-13-11(8-12)9-14(17-13)15(18)19-7-6-10-2-1-3-10/h4-5,8-10,17H,1-3,6-7,16H2. The number of rotatable bonds is 4. The van der Waals surface area contributed by atoms with Crippen LogP contribution in [0.1, 0.15) is 36.2 Å². The lowest BCUT2D eigenvalue weighted by atomic mass is 9.83. The minimum Gasteiger partial charge on any atom is -0.461 e. The molecule has 3 N–H and O–H groups in total. The van der Waals surface area contributed by atoms with Crippen molar-refractivity contribution in [1.82, 2.24) is 4.98 Å². The summed E-state index contributed by atoms with van der Waals surface area (Å²) in [6, 6.07) is 7.31. The Morgan fingerprint density at radius 2 is 2.21 bits per heavy atom. The smallest absolute Gasteiger partial charge is 0.354 e. The van der Waals surface area contributed by atoms with E-state index >= 15 is 0 Å². The van der Waals surface area contributed by atoms with Gasteiger partial charge in [-0.2, -0.15) is 0 Å². The molecule has 0 atom stereocenters. The zero-order chi connectivity index (χ0) is 13.2. The van der Waals surface area contributed by atoms with E-state index in [1.54, 1.807) is 6.07 Å². The summed E-state index contributed by atoms with van der Waals surface area (Å²) in [4.78, 5) is 15.0. The summed E-state index contributed by atoms with van der Waals surface area (Å²) < 4.78 is 5.29. The maximum atomic E-state index is 11.9. The number of fused-ring (bicyclic) bond motifs is 1. The lowest BCUT2D eigenvalue weighted by molar-refractivity contribution is 0.0458. The molecule has 0 aliphatic heterocycles. The Balaban J connectivity index is 1.63. The number of nitrogen functional groups attached to an aromatic ring is 1. The number of nitrogens with one attached hydrogen (secondary N) is 1. The molecule has 0 spiro atoms. The van der Waals surface area contributed by atoms with Crippen LogP contribution < -0.4 is 5.73 Å². The van der Waals surface area contributed by atoms with Gasteiger partial charge in [-0.05, 0) is 36.6 Å². The van der Waals surface area contributed by atoms with E-state index in [9.17, 15) is 4.79 Å². The van der Waals surface area contributed by atoms with Crippen LogP contribution in [0, 0.1) is 5.92 Å². The average Bonchev–Trinajstić information content (AvgIpc) is 2.75. The second kappa shape index (κ2) is 4.96. The van der Waals surface area contributed by atoms with Crippen molar-refractivity contribution in [2.24, 2.45) is 5.92 Å². The van der Waals surface area contributed by atoms with E-state index in [1.807, 2.05) is 18.2 Å². The van der Waals surface area contributed by atoms with Crippen LogP contribution >= 0.6 is 0 Å². The molecule has 19 heavy (non-hydrogen) atoms. The molecule has 0 saturated heterocycles. The second-order valence-corrected chi connectivity index (χ2v) is 5.25. The van der Waals surface area contributed by atoms with Gasteiger partial charge in [0.2, 0.25) is 0 Å². The molecule has 1 aliphatic rings. The van der Waals surface area contributed by atoms with Crippen LogP contribution in [0.4, 0.5) is 5.69 Å². The second-order valence-electron chi connectivity index (χ2n) is 5.25. The molecule has 1 aromatic heterocycles. The quantitative estimate of drug-likeness (QED) is 0.654. The molecule has 1 aliphatic carbocycles. The third-order valence-corrected chi connectivity index (χ3v) is 3.85. The van der Waals surface area contributed by atoms with Crippen molar-refractivity contribution in [1.29, 1.82) is 0 Å². The maximum Gasteiger partial charge on any atom is 0.354 e. The van der Waals surface area contributed by atoms with Crippen LogP contribution in [-0.4, -0.2) is 17.6 Å². The van der Waals surface area contributed by atoms with E-state index in [0.29, 0.717) is 18.0 Å². The Morgan fingerprint density at radius 1 is 1.37 bits per heavy atom. The maximum absolute atomic E-state index is 11.9. The Morgan fingerprint density at radius 3 is 2.95 bits per heavy atom. The molecule has 4 heteroatoms. The molecule has 0 bridgehead atoms. The van der Waals surface area contributed by atoms with Crippen molar-refractivity contribution in [2.45, 2.75) is 25.7 Å². The summed E-state index contributed by atoms with van der Waals surface area (Å²) in [7, 11) is 0. The molecular formula is C15H18N2O2. The van der Waals surface area contributed by atoms with Gasteiger partial charge in [0.25, 0.3) is 0 Å². The number of nitrogens with two attached hydrogens (primary N) is 1. The van der Waals surface area contributed by atoms with Crippen molar-refractivity contribution < 1.29 is 9.53 Å². The minimum atomic E-state index is -0.283. The Hall–Kier alpha value is -1.97. The first kappa shape index (κ1) is 12.1. The SMILES string of the molecule is Nc1ccc2[nH]c(C(=O)OCCC3CCC3)cc2c1. The number of aromatic amines is 1. The number of hydrogen-bond donors (Lipinski definition) is 2. The summed E-state index contributed by atoms with van der Waals surface area (Å²) in [5.74, 6) is 0.476. The van der Waals surface area contributed by atoms with Crippen molar-refractivity contribution in [2.75, 3.05) is 12.3 Å². The minimum absolute atomic E-state index is 0.283. The number of esters is 1. The largest absolute Gasteiger partial charge is 0.461 e.